The number of hydrogen-bond donors (Lipinski definition) is 1. The number of aromatic nitrogens is 4. The lowest BCUT2D eigenvalue weighted by Crippen LogP contribution is -2.41. The maximum atomic E-state index is 14.4. The van der Waals surface area contributed by atoms with E-state index in [4.69, 9.17) is 16.3 Å². The van der Waals surface area contributed by atoms with Crippen LogP contribution in [-0.4, -0.2) is 19.1 Å². The molecule has 0 aliphatic rings. The summed E-state index contributed by atoms with van der Waals surface area (Å²) in [4.78, 5) is 41.7. The SMILES string of the molecule is Cn1c(C(F)(F)F)cc(=O)n(-c2cc(Oc3nccc(=O)[nH]3)c(Cl)cc2F)c1=O. The normalized spacial score (nSPS) is 11.5. The first kappa shape index (κ1) is 20.3. The van der Waals surface area contributed by atoms with E-state index in [-0.39, 0.29) is 32.0 Å². The van der Waals surface area contributed by atoms with Gasteiger partial charge in [0.05, 0.1) is 10.7 Å². The van der Waals surface area contributed by atoms with Crippen molar-refractivity contribution in [3.05, 3.63) is 78.2 Å². The van der Waals surface area contributed by atoms with Crippen LogP contribution in [0.15, 0.2) is 44.8 Å². The highest BCUT2D eigenvalue weighted by Crippen LogP contribution is 2.31. The molecule has 0 saturated carbocycles. The molecule has 13 heteroatoms. The monoisotopic (exact) mass is 432 g/mol. The van der Waals surface area contributed by atoms with Crippen molar-refractivity contribution >= 4 is 11.6 Å². The molecule has 0 unspecified atom stereocenters. The van der Waals surface area contributed by atoms with Gasteiger partial charge in [-0.15, -0.1) is 0 Å². The van der Waals surface area contributed by atoms with Crippen LogP contribution in [0.5, 0.6) is 11.8 Å². The molecule has 0 aliphatic carbocycles. The number of alkyl halides is 3. The van der Waals surface area contributed by atoms with Crippen LogP contribution in [0.1, 0.15) is 5.69 Å². The summed E-state index contributed by atoms with van der Waals surface area (Å²) in [6.45, 7) is 0. The highest BCUT2D eigenvalue weighted by atomic mass is 35.5. The molecule has 0 radical (unpaired) electrons. The minimum atomic E-state index is -4.97. The van der Waals surface area contributed by atoms with E-state index < -0.39 is 40.2 Å². The van der Waals surface area contributed by atoms with Crippen LogP contribution in [-0.2, 0) is 13.2 Å². The van der Waals surface area contributed by atoms with Gasteiger partial charge in [0.15, 0.2) is 5.75 Å². The first-order chi connectivity index (χ1) is 13.5. The van der Waals surface area contributed by atoms with Gasteiger partial charge in [0, 0.05) is 31.4 Å². The zero-order valence-corrected chi connectivity index (χ0v) is 15.0. The molecule has 1 N–H and O–H groups in total. The zero-order chi connectivity index (χ0) is 21.5. The van der Waals surface area contributed by atoms with Gasteiger partial charge >= 0.3 is 17.9 Å². The van der Waals surface area contributed by atoms with Gasteiger partial charge in [-0.25, -0.2) is 18.7 Å². The Labute approximate surface area is 162 Å². The Morgan fingerprint density at radius 3 is 2.48 bits per heavy atom. The number of ether oxygens (including phenoxy) is 1. The van der Waals surface area contributed by atoms with E-state index >= 15 is 0 Å². The number of benzene rings is 1. The quantitative estimate of drug-likeness (QED) is 0.640. The second-order valence-corrected chi connectivity index (χ2v) is 6.03. The Morgan fingerprint density at radius 2 is 1.86 bits per heavy atom. The molecule has 0 bridgehead atoms. The number of halogens is 5. The minimum Gasteiger partial charge on any atom is -0.424 e. The molecule has 0 atom stereocenters. The summed E-state index contributed by atoms with van der Waals surface area (Å²) in [6, 6.07) is 2.43. The molecule has 2 aromatic heterocycles. The van der Waals surface area contributed by atoms with Crippen LogP contribution in [0, 0.1) is 5.82 Å². The van der Waals surface area contributed by atoms with Crippen molar-refractivity contribution in [3.63, 3.8) is 0 Å². The summed E-state index contributed by atoms with van der Waals surface area (Å²) in [7, 11) is 0.783. The molecule has 0 spiro atoms. The van der Waals surface area contributed by atoms with Crippen LogP contribution in [0.25, 0.3) is 5.69 Å². The van der Waals surface area contributed by atoms with Gasteiger partial charge in [0.1, 0.15) is 11.5 Å². The van der Waals surface area contributed by atoms with Crippen molar-refractivity contribution in [2.45, 2.75) is 6.18 Å². The first-order valence-electron chi connectivity index (χ1n) is 7.62. The molecule has 0 fully saturated rings. The van der Waals surface area contributed by atoms with Crippen LogP contribution in [0.3, 0.4) is 0 Å². The fourth-order valence-electron chi connectivity index (χ4n) is 2.40. The second kappa shape index (κ2) is 7.20. The fourth-order valence-corrected chi connectivity index (χ4v) is 2.58. The lowest BCUT2D eigenvalue weighted by atomic mass is 10.2. The molecule has 3 rings (SSSR count). The van der Waals surface area contributed by atoms with E-state index in [1.807, 2.05) is 0 Å². The third-order valence-corrected chi connectivity index (χ3v) is 4.00. The second-order valence-electron chi connectivity index (χ2n) is 5.62. The molecule has 3 aromatic rings. The summed E-state index contributed by atoms with van der Waals surface area (Å²) in [5, 5.41) is -0.311. The molecule has 0 aliphatic heterocycles. The lowest BCUT2D eigenvalue weighted by molar-refractivity contribution is -0.144. The topological polar surface area (TPSA) is 99.0 Å². The van der Waals surface area contributed by atoms with Gasteiger partial charge in [0.25, 0.3) is 11.1 Å². The third kappa shape index (κ3) is 3.92. The van der Waals surface area contributed by atoms with E-state index in [0.29, 0.717) is 6.07 Å². The van der Waals surface area contributed by atoms with E-state index in [1.54, 1.807) is 0 Å². The largest absolute Gasteiger partial charge is 0.431 e. The predicted octanol–water partition coefficient (Wildman–Crippen LogP) is 2.22. The van der Waals surface area contributed by atoms with Crippen LogP contribution in [0.2, 0.25) is 5.02 Å². The minimum absolute atomic E-state index is 0.159. The maximum Gasteiger partial charge on any atom is 0.431 e. The van der Waals surface area contributed by atoms with Crippen LogP contribution >= 0.6 is 11.6 Å². The highest BCUT2D eigenvalue weighted by Gasteiger charge is 2.35. The number of rotatable bonds is 3. The van der Waals surface area contributed by atoms with Crippen molar-refractivity contribution in [2.75, 3.05) is 0 Å². The number of hydrogen-bond acceptors (Lipinski definition) is 5. The van der Waals surface area contributed by atoms with Crippen molar-refractivity contribution < 1.29 is 22.3 Å². The molecular formula is C16H9ClF4N4O4. The summed E-state index contributed by atoms with van der Waals surface area (Å²) in [5.74, 6) is -1.48. The fraction of sp³-hybridized carbons (Fsp3) is 0.125. The molecule has 152 valence electrons. The van der Waals surface area contributed by atoms with E-state index in [0.717, 1.165) is 25.4 Å². The molecule has 1 aromatic carbocycles. The highest BCUT2D eigenvalue weighted by molar-refractivity contribution is 6.32. The molecular weight excluding hydrogens is 424 g/mol. The smallest absolute Gasteiger partial charge is 0.424 e. The number of H-pyrrole nitrogens is 1. The predicted molar refractivity (Wildman–Crippen MR) is 92.2 cm³/mol. The van der Waals surface area contributed by atoms with E-state index in [2.05, 4.69) is 9.97 Å². The number of nitrogens with one attached hydrogen (secondary N) is 1. The maximum absolute atomic E-state index is 14.4. The van der Waals surface area contributed by atoms with Crippen molar-refractivity contribution in [1.82, 2.24) is 19.1 Å². The Kier molecular flexibility index (Phi) is 5.05. The van der Waals surface area contributed by atoms with E-state index in [9.17, 15) is 31.9 Å². The van der Waals surface area contributed by atoms with Gasteiger partial charge in [-0.2, -0.15) is 13.2 Å². The first-order valence-corrected chi connectivity index (χ1v) is 7.99. The van der Waals surface area contributed by atoms with Gasteiger partial charge < -0.3 is 4.74 Å². The summed E-state index contributed by atoms with van der Waals surface area (Å²) in [5.41, 5.74) is -5.63. The Hall–Kier alpha value is -3.41. The lowest BCUT2D eigenvalue weighted by Gasteiger charge is -2.15. The van der Waals surface area contributed by atoms with Crippen molar-refractivity contribution in [2.24, 2.45) is 7.05 Å². The van der Waals surface area contributed by atoms with Gasteiger partial charge in [-0.05, 0) is 6.07 Å². The molecule has 29 heavy (non-hydrogen) atoms. The average molecular weight is 433 g/mol. The Morgan fingerprint density at radius 1 is 1.17 bits per heavy atom. The number of nitrogens with zero attached hydrogens (tertiary/aromatic N) is 3. The van der Waals surface area contributed by atoms with Crippen molar-refractivity contribution in [1.29, 1.82) is 0 Å². The summed E-state index contributed by atoms with van der Waals surface area (Å²) < 4.78 is 58.9. The van der Waals surface area contributed by atoms with Crippen LogP contribution in [0.4, 0.5) is 17.6 Å². The molecule has 2 heterocycles. The molecule has 0 saturated heterocycles. The zero-order valence-electron chi connectivity index (χ0n) is 14.3. The third-order valence-electron chi connectivity index (χ3n) is 3.71. The standard InChI is InChI=1S/C16H9ClF4N4O4/c1-24-11(16(19,20)21)6-13(27)25(15(24)28)9-5-10(7(17)4-8(9)18)29-14-22-3-2-12(26)23-14/h2-6H,1H3,(H,22,23,26). The van der Waals surface area contributed by atoms with Crippen molar-refractivity contribution in [3.8, 4) is 17.4 Å². The summed E-state index contributed by atoms with van der Waals surface area (Å²) >= 11 is 5.87. The number of aromatic amines is 1. The van der Waals surface area contributed by atoms with Gasteiger partial charge in [-0.3, -0.25) is 19.1 Å². The Bertz CT molecular complexity index is 1280. The van der Waals surface area contributed by atoms with Gasteiger partial charge in [-0.1, -0.05) is 11.6 Å². The summed E-state index contributed by atoms with van der Waals surface area (Å²) in [6.07, 6.45) is -3.85. The van der Waals surface area contributed by atoms with Gasteiger partial charge in [0.2, 0.25) is 0 Å². The molecule has 0 amide bonds. The van der Waals surface area contributed by atoms with E-state index in [1.165, 1.54) is 0 Å². The van der Waals surface area contributed by atoms with Crippen LogP contribution < -0.4 is 21.5 Å². The molecule has 8 nitrogen and oxygen atoms in total. The Balaban J connectivity index is 2.20. The average Bonchev–Trinajstić information content (AvgIpc) is 2.61.